The van der Waals surface area contributed by atoms with Crippen molar-refractivity contribution < 1.29 is 8.42 Å². The van der Waals surface area contributed by atoms with Gasteiger partial charge < -0.3 is 5.73 Å². The molecule has 0 aromatic heterocycles. The highest BCUT2D eigenvalue weighted by molar-refractivity contribution is 7.89. The van der Waals surface area contributed by atoms with Crippen molar-refractivity contribution in [1.82, 2.24) is 4.72 Å². The first-order valence-corrected chi connectivity index (χ1v) is 8.31. The lowest BCUT2D eigenvalue weighted by molar-refractivity contribution is 0.457. The van der Waals surface area contributed by atoms with Crippen molar-refractivity contribution in [2.24, 2.45) is 16.6 Å². The van der Waals surface area contributed by atoms with Gasteiger partial charge >= 0.3 is 0 Å². The van der Waals surface area contributed by atoms with Crippen molar-refractivity contribution in [2.75, 3.05) is 0 Å². The van der Waals surface area contributed by atoms with Gasteiger partial charge in [0.25, 0.3) is 0 Å². The zero-order chi connectivity index (χ0) is 15.3. The molecule has 110 valence electrons. The van der Waals surface area contributed by atoms with E-state index in [1.165, 1.54) is 6.07 Å². The molecule has 0 aliphatic heterocycles. The molecule has 0 radical (unpaired) electrons. The summed E-state index contributed by atoms with van der Waals surface area (Å²) in [6.45, 7) is 8.24. The Morgan fingerprint density at radius 2 is 1.80 bits per heavy atom. The second-order valence-electron chi connectivity index (χ2n) is 6.39. The molecule has 0 atom stereocenters. The van der Waals surface area contributed by atoms with Gasteiger partial charge in [0.15, 0.2) is 0 Å². The molecule has 4 nitrogen and oxygen atoms in total. The number of hydrogen-bond donors (Lipinski definition) is 2. The predicted molar refractivity (Wildman–Crippen MR) is 84.0 cm³/mol. The fraction of sp³-hybridized carbons (Fsp3) is 0.500. The number of benzene rings is 1. The van der Waals surface area contributed by atoms with E-state index in [1.807, 2.05) is 0 Å². The number of nitrogens with one attached hydrogen (secondary N) is 1. The van der Waals surface area contributed by atoms with E-state index in [0.717, 1.165) is 0 Å². The zero-order valence-corrected chi connectivity index (χ0v) is 13.7. The molecule has 0 bridgehead atoms. The zero-order valence-electron chi connectivity index (χ0n) is 12.1. The Morgan fingerprint density at radius 3 is 2.25 bits per heavy atom. The van der Waals surface area contributed by atoms with Gasteiger partial charge in [0.1, 0.15) is 4.99 Å². The maximum atomic E-state index is 12.4. The van der Waals surface area contributed by atoms with Crippen molar-refractivity contribution >= 4 is 27.2 Å². The van der Waals surface area contributed by atoms with Crippen LogP contribution in [0.5, 0.6) is 0 Å². The molecule has 1 aromatic rings. The summed E-state index contributed by atoms with van der Waals surface area (Å²) in [6, 6.07) is 6.33. The van der Waals surface area contributed by atoms with E-state index in [2.05, 4.69) is 32.4 Å². The summed E-state index contributed by atoms with van der Waals surface area (Å²) in [5.74, 6) is 0. The van der Waals surface area contributed by atoms with E-state index < -0.39 is 10.0 Å². The van der Waals surface area contributed by atoms with E-state index in [0.29, 0.717) is 5.56 Å². The minimum Gasteiger partial charge on any atom is -0.389 e. The van der Waals surface area contributed by atoms with Gasteiger partial charge in [0.2, 0.25) is 10.0 Å². The Bertz CT molecular complexity index is 650. The quantitative estimate of drug-likeness (QED) is 0.835. The minimum absolute atomic E-state index is 0.0547. The molecule has 0 saturated heterocycles. The summed E-state index contributed by atoms with van der Waals surface area (Å²) < 4.78 is 27.7. The molecule has 3 N–H and O–H groups in total. The molecule has 0 heterocycles. The maximum absolute atomic E-state index is 12.4. The van der Waals surface area contributed by atoms with Crippen LogP contribution < -0.4 is 10.5 Å². The van der Waals surface area contributed by atoms with Gasteiger partial charge in [-0.2, -0.15) is 0 Å². The van der Waals surface area contributed by atoms with Crippen LogP contribution in [0.4, 0.5) is 0 Å². The van der Waals surface area contributed by atoms with Crippen LogP contribution in [0.15, 0.2) is 29.2 Å². The summed E-state index contributed by atoms with van der Waals surface area (Å²) in [6.07, 6.45) is 0. The first-order valence-electron chi connectivity index (χ1n) is 6.42. The van der Waals surface area contributed by atoms with Crippen LogP contribution in [-0.4, -0.2) is 19.4 Å². The normalized spacial score (nSPS) is 20.6. The highest BCUT2D eigenvalue weighted by Gasteiger charge is 2.66. The van der Waals surface area contributed by atoms with Crippen molar-refractivity contribution in [3.05, 3.63) is 29.8 Å². The van der Waals surface area contributed by atoms with E-state index in [9.17, 15) is 8.42 Å². The number of rotatable bonds is 4. The number of thiocarbonyl (C=S) groups is 1. The van der Waals surface area contributed by atoms with E-state index in [-0.39, 0.29) is 26.8 Å². The average Bonchev–Trinajstić information content (AvgIpc) is 2.71. The Labute approximate surface area is 125 Å². The predicted octanol–water partition coefficient (Wildman–Crippen LogP) is 2.03. The molecule has 1 saturated carbocycles. The van der Waals surface area contributed by atoms with Crippen molar-refractivity contribution in [2.45, 2.75) is 38.6 Å². The molecule has 1 aromatic carbocycles. The highest BCUT2D eigenvalue weighted by Crippen LogP contribution is 2.62. The Morgan fingerprint density at radius 1 is 1.25 bits per heavy atom. The largest absolute Gasteiger partial charge is 0.389 e. The Kier molecular flexibility index (Phi) is 3.48. The third-order valence-corrected chi connectivity index (χ3v) is 6.38. The Balaban J connectivity index is 2.29. The average molecular weight is 312 g/mol. The summed E-state index contributed by atoms with van der Waals surface area (Å²) in [5.41, 5.74) is 5.99. The summed E-state index contributed by atoms with van der Waals surface area (Å²) in [5, 5.41) is 0. The summed E-state index contributed by atoms with van der Waals surface area (Å²) >= 11 is 4.88. The van der Waals surface area contributed by atoms with Gasteiger partial charge in [-0.25, -0.2) is 13.1 Å². The fourth-order valence-electron chi connectivity index (χ4n) is 2.53. The molecule has 0 unspecified atom stereocenters. The fourth-order valence-corrected chi connectivity index (χ4v) is 4.23. The van der Waals surface area contributed by atoms with E-state index in [4.69, 9.17) is 18.0 Å². The van der Waals surface area contributed by atoms with Crippen LogP contribution >= 0.6 is 12.2 Å². The van der Waals surface area contributed by atoms with Gasteiger partial charge in [-0.05, 0) is 23.0 Å². The van der Waals surface area contributed by atoms with Gasteiger partial charge in [-0.15, -0.1) is 0 Å². The number of hydrogen-bond acceptors (Lipinski definition) is 3. The number of sulfonamides is 1. The Hall–Kier alpha value is -0.980. The molecule has 2 rings (SSSR count). The van der Waals surface area contributed by atoms with Gasteiger partial charge in [-0.3, -0.25) is 0 Å². The van der Waals surface area contributed by atoms with Crippen LogP contribution in [0, 0.1) is 10.8 Å². The lowest BCUT2D eigenvalue weighted by atomic mass is 10.0. The third kappa shape index (κ3) is 2.36. The van der Waals surface area contributed by atoms with Gasteiger partial charge in [0.05, 0.1) is 4.90 Å². The molecular weight excluding hydrogens is 292 g/mol. The lowest BCUT2D eigenvalue weighted by Crippen LogP contribution is -2.30. The van der Waals surface area contributed by atoms with Crippen molar-refractivity contribution in [1.29, 1.82) is 0 Å². The molecule has 20 heavy (non-hydrogen) atoms. The SMILES string of the molecule is CC1(C)C(NS(=O)(=O)c2cccc(C(N)=S)c2)C1(C)C. The molecule has 0 spiro atoms. The molecule has 1 aliphatic rings. The molecule has 6 heteroatoms. The van der Waals surface area contributed by atoms with Crippen LogP contribution in [0.25, 0.3) is 0 Å². The van der Waals surface area contributed by atoms with E-state index in [1.54, 1.807) is 18.2 Å². The van der Waals surface area contributed by atoms with E-state index >= 15 is 0 Å². The standard InChI is InChI=1S/C14H20N2O2S2/c1-13(2)12(14(13,3)4)16-20(17,18)10-7-5-6-9(8-10)11(15)19/h5-8,12,16H,1-4H3,(H2,15,19). The first kappa shape index (κ1) is 15.4. The minimum atomic E-state index is -3.56. The lowest BCUT2D eigenvalue weighted by Gasteiger charge is -2.09. The van der Waals surface area contributed by atoms with Crippen molar-refractivity contribution in [3.8, 4) is 0 Å². The van der Waals surface area contributed by atoms with Crippen LogP contribution in [0.3, 0.4) is 0 Å². The van der Waals surface area contributed by atoms with Gasteiger partial charge in [-0.1, -0.05) is 52.0 Å². The van der Waals surface area contributed by atoms with Gasteiger partial charge in [0, 0.05) is 11.6 Å². The highest BCUT2D eigenvalue weighted by atomic mass is 32.2. The molecular formula is C14H20N2O2S2. The summed E-state index contributed by atoms with van der Waals surface area (Å²) in [4.78, 5) is 0.385. The molecule has 0 amide bonds. The third-order valence-electron chi connectivity index (χ3n) is 4.72. The molecule has 1 fully saturated rings. The first-order chi connectivity index (χ1) is 9.00. The summed E-state index contributed by atoms with van der Waals surface area (Å²) in [7, 11) is -3.56. The monoisotopic (exact) mass is 312 g/mol. The second-order valence-corrected chi connectivity index (χ2v) is 8.54. The smallest absolute Gasteiger partial charge is 0.240 e. The van der Waals surface area contributed by atoms with Crippen LogP contribution in [-0.2, 0) is 10.0 Å². The topological polar surface area (TPSA) is 72.2 Å². The second kappa shape index (κ2) is 4.51. The number of nitrogens with two attached hydrogens (primary N) is 1. The van der Waals surface area contributed by atoms with Crippen molar-refractivity contribution in [3.63, 3.8) is 0 Å². The molecule has 1 aliphatic carbocycles. The maximum Gasteiger partial charge on any atom is 0.240 e. The van der Waals surface area contributed by atoms with Crippen LogP contribution in [0.1, 0.15) is 33.3 Å². The van der Waals surface area contributed by atoms with Crippen LogP contribution in [0.2, 0.25) is 0 Å².